The van der Waals surface area contributed by atoms with Crippen molar-refractivity contribution in [3.05, 3.63) is 25.1 Å². The Balaban J connectivity index is 2.92. The van der Waals surface area contributed by atoms with Crippen LogP contribution in [0.15, 0.2) is 0 Å². The van der Waals surface area contributed by atoms with E-state index in [0.717, 1.165) is 13.0 Å². The van der Waals surface area contributed by atoms with Crippen LogP contribution in [0, 0.1) is 0 Å². The minimum atomic E-state index is 0.130. The van der Waals surface area contributed by atoms with Gasteiger partial charge >= 0.3 is 0 Å². The molecule has 96 valence electrons. The molecule has 17 heavy (non-hydrogen) atoms. The van der Waals surface area contributed by atoms with Crippen molar-refractivity contribution in [3.8, 4) is 5.75 Å². The molecular formula is C10H10Cl5NO. The van der Waals surface area contributed by atoms with Gasteiger partial charge in [-0.2, -0.15) is 0 Å². The highest BCUT2D eigenvalue weighted by Gasteiger charge is 2.20. The molecule has 0 unspecified atom stereocenters. The summed E-state index contributed by atoms with van der Waals surface area (Å²) < 4.78 is 5.45. The number of benzene rings is 1. The van der Waals surface area contributed by atoms with Crippen LogP contribution in [-0.2, 0) is 0 Å². The number of hydrogen-bond donors (Lipinski definition) is 1. The maximum atomic E-state index is 5.99. The van der Waals surface area contributed by atoms with E-state index in [2.05, 4.69) is 5.32 Å². The van der Waals surface area contributed by atoms with Gasteiger partial charge in [-0.15, -0.1) is 0 Å². The van der Waals surface area contributed by atoms with E-state index in [1.54, 1.807) is 0 Å². The Morgan fingerprint density at radius 1 is 0.882 bits per heavy atom. The van der Waals surface area contributed by atoms with Gasteiger partial charge in [-0.1, -0.05) is 58.0 Å². The fourth-order valence-corrected chi connectivity index (χ4v) is 2.36. The fraction of sp³-hybridized carbons (Fsp3) is 0.400. The van der Waals surface area contributed by atoms with Gasteiger partial charge in [-0.3, -0.25) is 0 Å². The van der Waals surface area contributed by atoms with Crippen molar-refractivity contribution in [2.75, 3.05) is 20.2 Å². The second-order valence-electron chi connectivity index (χ2n) is 3.20. The summed E-state index contributed by atoms with van der Waals surface area (Å²) in [6, 6.07) is 0. The van der Waals surface area contributed by atoms with Crippen LogP contribution < -0.4 is 10.1 Å². The summed E-state index contributed by atoms with van der Waals surface area (Å²) in [5.74, 6) is 0.267. The van der Waals surface area contributed by atoms with Crippen molar-refractivity contribution < 1.29 is 4.74 Å². The Morgan fingerprint density at radius 2 is 1.35 bits per heavy atom. The first-order valence-electron chi connectivity index (χ1n) is 4.79. The second-order valence-corrected chi connectivity index (χ2v) is 5.09. The zero-order chi connectivity index (χ0) is 13.0. The van der Waals surface area contributed by atoms with Crippen molar-refractivity contribution in [2.24, 2.45) is 0 Å². The van der Waals surface area contributed by atoms with Crippen molar-refractivity contribution in [2.45, 2.75) is 6.42 Å². The van der Waals surface area contributed by atoms with E-state index in [4.69, 9.17) is 62.7 Å². The average molecular weight is 337 g/mol. The van der Waals surface area contributed by atoms with Crippen LogP contribution in [-0.4, -0.2) is 20.2 Å². The molecule has 0 bridgehead atoms. The quantitative estimate of drug-likeness (QED) is 0.467. The maximum absolute atomic E-state index is 5.99. The lowest BCUT2D eigenvalue weighted by molar-refractivity contribution is 0.310. The maximum Gasteiger partial charge on any atom is 0.159 e. The first kappa shape index (κ1) is 15.5. The van der Waals surface area contributed by atoms with Gasteiger partial charge in [-0.25, -0.2) is 0 Å². The van der Waals surface area contributed by atoms with Crippen LogP contribution in [0.3, 0.4) is 0 Å². The third-order valence-corrected chi connectivity index (χ3v) is 4.23. The fourth-order valence-electron chi connectivity index (χ4n) is 1.13. The molecule has 0 aromatic heterocycles. The molecule has 0 fully saturated rings. The SMILES string of the molecule is CNCCCOc1c(Cl)c(Cl)c(Cl)c(Cl)c1Cl. The molecule has 1 rings (SSSR count). The summed E-state index contributed by atoms with van der Waals surface area (Å²) in [6.07, 6.45) is 0.807. The largest absolute Gasteiger partial charge is 0.490 e. The van der Waals surface area contributed by atoms with Crippen LogP contribution in [0.1, 0.15) is 6.42 Å². The predicted octanol–water partition coefficient (Wildman–Crippen LogP) is 4.94. The van der Waals surface area contributed by atoms with Gasteiger partial charge in [0.2, 0.25) is 0 Å². The number of nitrogens with one attached hydrogen (secondary N) is 1. The molecule has 0 saturated carbocycles. The van der Waals surface area contributed by atoms with Gasteiger partial charge in [-0.05, 0) is 20.0 Å². The van der Waals surface area contributed by atoms with E-state index in [1.165, 1.54) is 0 Å². The summed E-state index contributed by atoms with van der Waals surface area (Å²) >= 11 is 29.6. The molecule has 0 atom stereocenters. The van der Waals surface area contributed by atoms with E-state index in [9.17, 15) is 0 Å². The van der Waals surface area contributed by atoms with Gasteiger partial charge in [0.05, 0.1) is 21.7 Å². The van der Waals surface area contributed by atoms with Gasteiger partial charge in [0, 0.05) is 0 Å². The van der Waals surface area contributed by atoms with Crippen LogP contribution >= 0.6 is 58.0 Å². The Kier molecular flexibility index (Phi) is 6.49. The third-order valence-electron chi connectivity index (χ3n) is 1.99. The summed E-state index contributed by atoms with van der Waals surface area (Å²) in [6.45, 7) is 1.28. The lowest BCUT2D eigenvalue weighted by atomic mass is 10.3. The molecule has 2 nitrogen and oxygen atoms in total. The van der Waals surface area contributed by atoms with E-state index in [0.29, 0.717) is 6.61 Å². The standard InChI is InChI=1S/C10H10Cl5NO/c1-16-3-2-4-17-10-8(14)6(12)5(11)7(13)9(10)15/h16H,2-4H2,1H3. The molecule has 0 saturated heterocycles. The average Bonchev–Trinajstić information content (AvgIpc) is 2.33. The minimum Gasteiger partial charge on any atom is -0.490 e. The third kappa shape index (κ3) is 3.69. The van der Waals surface area contributed by atoms with E-state index in [1.807, 2.05) is 7.05 Å². The minimum absolute atomic E-state index is 0.130. The van der Waals surface area contributed by atoms with Crippen molar-refractivity contribution >= 4 is 58.0 Å². The smallest absolute Gasteiger partial charge is 0.159 e. The number of halogens is 5. The van der Waals surface area contributed by atoms with Crippen LogP contribution in [0.2, 0.25) is 25.1 Å². The molecule has 1 aromatic carbocycles. The topological polar surface area (TPSA) is 21.3 Å². The summed E-state index contributed by atoms with van der Waals surface area (Å²) in [5.41, 5.74) is 0. The molecule has 1 N–H and O–H groups in total. The molecule has 0 aliphatic carbocycles. The molecular weight excluding hydrogens is 327 g/mol. The number of rotatable bonds is 5. The molecule has 0 heterocycles. The molecule has 0 aliphatic heterocycles. The van der Waals surface area contributed by atoms with Crippen molar-refractivity contribution in [1.29, 1.82) is 0 Å². The van der Waals surface area contributed by atoms with E-state index < -0.39 is 0 Å². The summed E-state index contributed by atoms with van der Waals surface area (Å²) in [5, 5.41) is 3.77. The second kappa shape index (κ2) is 7.13. The summed E-state index contributed by atoms with van der Waals surface area (Å²) in [7, 11) is 1.86. The number of hydrogen-bond acceptors (Lipinski definition) is 2. The Morgan fingerprint density at radius 3 is 1.82 bits per heavy atom. The lowest BCUT2D eigenvalue weighted by Crippen LogP contribution is -2.11. The molecule has 0 amide bonds. The van der Waals surface area contributed by atoms with Crippen LogP contribution in [0.4, 0.5) is 0 Å². The highest BCUT2D eigenvalue weighted by atomic mass is 35.5. The number of ether oxygens (including phenoxy) is 1. The van der Waals surface area contributed by atoms with Gasteiger partial charge in [0.1, 0.15) is 10.0 Å². The molecule has 1 aromatic rings. The molecule has 0 spiro atoms. The highest BCUT2D eigenvalue weighted by Crippen LogP contribution is 2.48. The van der Waals surface area contributed by atoms with Crippen LogP contribution in [0.25, 0.3) is 0 Å². The molecule has 7 heteroatoms. The van der Waals surface area contributed by atoms with Gasteiger partial charge in [0.25, 0.3) is 0 Å². The monoisotopic (exact) mass is 335 g/mol. The normalized spacial score (nSPS) is 10.7. The first-order chi connectivity index (χ1) is 8.00. The van der Waals surface area contributed by atoms with E-state index >= 15 is 0 Å². The van der Waals surface area contributed by atoms with Crippen molar-refractivity contribution in [1.82, 2.24) is 5.32 Å². The van der Waals surface area contributed by atoms with E-state index in [-0.39, 0.29) is 30.9 Å². The zero-order valence-corrected chi connectivity index (χ0v) is 12.7. The first-order valence-corrected chi connectivity index (χ1v) is 6.68. The Labute approximate surface area is 125 Å². The van der Waals surface area contributed by atoms with Crippen LogP contribution in [0.5, 0.6) is 5.75 Å². The Hall–Kier alpha value is 0.430. The zero-order valence-electron chi connectivity index (χ0n) is 8.92. The van der Waals surface area contributed by atoms with Gasteiger partial charge < -0.3 is 10.1 Å². The molecule has 0 radical (unpaired) electrons. The predicted molar refractivity (Wildman–Crippen MR) is 75.5 cm³/mol. The summed E-state index contributed by atoms with van der Waals surface area (Å²) in [4.78, 5) is 0. The Bertz CT molecular complexity index is 381. The van der Waals surface area contributed by atoms with Gasteiger partial charge in [0.15, 0.2) is 5.75 Å². The van der Waals surface area contributed by atoms with Crippen molar-refractivity contribution in [3.63, 3.8) is 0 Å². The molecule has 0 aliphatic rings. The lowest BCUT2D eigenvalue weighted by Gasteiger charge is -2.13. The highest BCUT2D eigenvalue weighted by molar-refractivity contribution is 6.55.